The SMILES string of the molecule is CC1(C)CCN(Cc2ccc(N)nc2)C1. The number of aromatic nitrogens is 1. The number of pyridine rings is 1. The molecule has 0 aliphatic carbocycles. The van der Waals surface area contributed by atoms with Gasteiger partial charge in [-0.3, -0.25) is 4.90 Å². The molecule has 82 valence electrons. The van der Waals surface area contributed by atoms with Crippen molar-refractivity contribution in [2.45, 2.75) is 26.8 Å². The van der Waals surface area contributed by atoms with Crippen molar-refractivity contribution in [3.63, 3.8) is 0 Å². The predicted molar refractivity (Wildman–Crippen MR) is 62.3 cm³/mol. The Morgan fingerprint density at radius 2 is 2.27 bits per heavy atom. The number of nitrogens with zero attached hydrogens (tertiary/aromatic N) is 2. The maximum absolute atomic E-state index is 5.55. The van der Waals surface area contributed by atoms with E-state index in [1.807, 2.05) is 12.3 Å². The first kappa shape index (κ1) is 10.4. The van der Waals surface area contributed by atoms with Crippen LogP contribution >= 0.6 is 0 Å². The minimum Gasteiger partial charge on any atom is -0.384 e. The predicted octanol–water partition coefficient (Wildman–Crippen LogP) is 1.90. The summed E-state index contributed by atoms with van der Waals surface area (Å²) in [6, 6.07) is 3.93. The molecule has 1 aliphatic rings. The molecule has 1 saturated heterocycles. The zero-order valence-electron chi connectivity index (χ0n) is 9.53. The molecular formula is C12H19N3. The number of hydrogen-bond acceptors (Lipinski definition) is 3. The Kier molecular flexibility index (Phi) is 2.65. The number of likely N-dealkylation sites (tertiary alicyclic amines) is 1. The highest BCUT2D eigenvalue weighted by atomic mass is 15.2. The van der Waals surface area contributed by atoms with E-state index in [0.29, 0.717) is 11.2 Å². The van der Waals surface area contributed by atoms with Crippen molar-refractivity contribution in [3.8, 4) is 0 Å². The molecule has 0 saturated carbocycles. The third-order valence-corrected chi connectivity index (χ3v) is 3.01. The van der Waals surface area contributed by atoms with Crippen LogP contribution in [0.4, 0.5) is 5.82 Å². The first-order valence-corrected chi connectivity index (χ1v) is 5.48. The van der Waals surface area contributed by atoms with Gasteiger partial charge < -0.3 is 5.73 Å². The van der Waals surface area contributed by atoms with E-state index in [4.69, 9.17) is 5.73 Å². The lowest BCUT2D eigenvalue weighted by atomic mass is 9.93. The van der Waals surface area contributed by atoms with Crippen molar-refractivity contribution in [1.82, 2.24) is 9.88 Å². The van der Waals surface area contributed by atoms with E-state index in [2.05, 4.69) is 29.8 Å². The van der Waals surface area contributed by atoms with Crippen molar-refractivity contribution in [1.29, 1.82) is 0 Å². The third kappa shape index (κ3) is 2.69. The summed E-state index contributed by atoms with van der Waals surface area (Å²) < 4.78 is 0. The molecule has 2 N–H and O–H groups in total. The Hall–Kier alpha value is -1.09. The molecule has 0 aromatic carbocycles. The molecule has 0 atom stereocenters. The summed E-state index contributed by atoms with van der Waals surface area (Å²) in [7, 11) is 0. The Labute approximate surface area is 91.3 Å². The molecule has 0 radical (unpaired) electrons. The zero-order valence-corrected chi connectivity index (χ0v) is 9.53. The Morgan fingerprint density at radius 3 is 2.80 bits per heavy atom. The number of nitrogen functional groups attached to an aromatic ring is 1. The van der Waals surface area contributed by atoms with Gasteiger partial charge in [-0.2, -0.15) is 0 Å². The molecule has 3 heteroatoms. The summed E-state index contributed by atoms with van der Waals surface area (Å²) in [6.07, 6.45) is 3.16. The van der Waals surface area contributed by atoms with Crippen LogP contribution in [-0.4, -0.2) is 23.0 Å². The van der Waals surface area contributed by atoms with E-state index in [0.717, 1.165) is 6.54 Å². The molecule has 1 fully saturated rings. The summed E-state index contributed by atoms with van der Waals surface area (Å²) in [5.41, 5.74) is 7.28. The van der Waals surface area contributed by atoms with Crippen LogP contribution in [-0.2, 0) is 6.54 Å². The van der Waals surface area contributed by atoms with Crippen molar-refractivity contribution >= 4 is 5.82 Å². The third-order valence-electron chi connectivity index (χ3n) is 3.01. The van der Waals surface area contributed by atoms with Gasteiger partial charge in [-0.05, 0) is 30.0 Å². The van der Waals surface area contributed by atoms with Crippen LogP contribution in [0.25, 0.3) is 0 Å². The highest BCUT2D eigenvalue weighted by Crippen LogP contribution is 2.29. The normalized spacial score (nSPS) is 20.7. The summed E-state index contributed by atoms with van der Waals surface area (Å²) in [6.45, 7) is 8.02. The van der Waals surface area contributed by atoms with E-state index in [1.165, 1.54) is 25.1 Å². The van der Waals surface area contributed by atoms with Crippen molar-refractivity contribution in [3.05, 3.63) is 23.9 Å². The molecule has 0 unspecified atom stereocenters. The van der Waals surface area contributed by atoms with Crippen LogP contribution in [0.2, 0.25) is 0 Å². The van der Waals surface area contributed by atoms with Crippen LogP contribution in [0.3, 0.4) is 0 Å². The average Bonchev–Trinajstić information content (AvgIpc) is 2.50. The Bertz CT molecular complexity index is 329. The Morgan fingerprint density at radius 1 is 1.47 bits per heavy atom. The zero-order chi connectivity index (χ0) is 10.9. The fourth-order valence-electron chi connectivity index (χ4n) is 2.15. The quantitative estimate of drug-likeness (QED) is 0.801. The lowest BCUT2D eigenvalue weighted by Crippen LogP contribution is -2.22. The van der Waals surface area contributed by atoms with Gasteiger partial charge in [0, 0.05) is 19.3 Å². The van der Waals surface area contributed by atoms with Crippen molar-refractivity contribution in [2.75, 3.05) is 18.8 Å². The van der Waals surface area contributed by atoms with Crippen LogP contribution in [0.15, 0.2) is 18.3 Å². The fourth-order valence-corrected chi connectivity index (χ4v) is 2.15. The minimum atomic E-state index is 0.473. The van der Waals surface area contributed by atoms with Gasteiger partial charge in [-0.1, -0.05) is 19.9 Å². The first-order chi connectivity index (χ1) is 7.05. The van der Waals surface area contributed by atoms with Gasteiger partial charge in [-0.25, -0.2) is 4.98 Å². The first-order valence-electron chi connectivity index (χ1n) is 5.48. The highest BCUT2D eigenvalue weighted by Gasteiger charge is 2.28. The van der Waals surface area contributed by atoms with E-state index >= 15 is 0 Å². The molecule has 1 aliphatic heterocycles. The largest absolute Gasteiger partial charge is 0.384 e. The van der Waals surface area contributed by atoms with E-state index in [-0.39, 0.29) is 0 Å². The smallest absolute Gasteiger partial charge is 0.123 e. The molecule has 0 bridgehead atoms. The Balaban J connectivity index is 1.96. The number of hydrogen-bond donors (Lipinski definition) is 1. The monoisotopic (exact) mass is 205 g/mol. The van der Waals surface area contributed by atoms with Gasteiger partial charge in [0.15, 0.2) is 0 Å². The summed E-state index contributed by atoms with van der Waals surface area (Å²) in [5.74, 6) is 0.598. The van der Waals surface area contributed by atoms with Gasteiger partial charge in [0.1, 0.15) is 5.82 Å². The molecule has 2 heterocycles. The standard InChI is InChI=1S/C12H19N3/c1-12(2)5-6-15(9-12)8-10-3-4-11(13)14-7-10/h3-4,7H,5-6,8-9H2,1-2H3,(H2,13,14). The lowest BCUT2D eigenvalue weighted by molar-refractivity contribution is 0.284. The second-order valence-corrected chi connectivity index (χ2v) is 5.22. The number of nitrogens with two attached hydrogens (primary N) is 1. The second-order valence-electron chi connectivity index (χ2n) is 5.22. The topological polar surface area (TPSA) is 42.1 Å². The summed E-state index contributed by atoms with van der Waals surface area (Å²) in [4.78, 5) is 6.59. The van der Waals surface area contributed by atoms with Crippen LogP contribution in [0, 0.1) is 5.41 Å². The van der Waals surface area contributed by atoms with Gasteiger partial charge >= 0.3 is 0 Å². The molecule has 0 amide bonds. The maximum Gasteiger partial charge on any atom is 0.123 e. The van der Waals surface area contributed by atoms with Gasteiger partial charge in [0.25, 0.3) is 0 Å². The van der Waals surface area contributed by atoms with Gasteiger partial charge in [0.05, 0.1) is 0 Å². The van der Waals surface area contributed by atoms with Crippen LogP contribution in [0.1, 0.15) is 25.8 Å². The number of anilines is 1. The van der Waals surface area contributed by atoms with E-state index in [9.17, 15) is 0 Å². The minimum absolute atomic E-state index is 0.473. The maximum atomic E-state index is 5.55. The highest BCUT2D eigenvalue weighted by molar-refractivity contribution is 5.29. The van der Waals surface area contributed by atoms with Crippen molar-refractivity contribution in [2.24, 2.45) is 5.41 Å². The van der Waals surface area contributed by atoms with Gasteiger partial charge in [-0.15, -0.1) is 0 Å². The second kappa shape index (κ2) is 3.81. The molecular weight excluding hydrogens is 186 g/mol. The number of rotatable bonds is 2. The molecule has 1 aromatic heterocycles. The van der Waals surface area contributed by atoms with Crippen LogP contribution in [0.5, 0.6) is 0 Å². The lowest BCUT2D eigenvalue weighted by Gasteiger charge is -2.19. The average molecular weight is 205 g/mol. The van der Waals surface area contributed by atoms with Crippen LogP contribution < -0.4 is 5.73 Å². The fraction of sp³-hybridized carbons (Fsp3) is 0.583. The summed E-state index contributed by atoms with van der Waals surface area (Å²) >= 11 is 0. The molecule has 1 aromatic rings. The van der Waals surface area contributed by atoms with E-state index in [1.54, 1.807) is 0 Å². The van der Waals surface area contributed by atoms with Crippen molar-refractivity contribution < 1.29 is 0 Å². The van der Waals surface area contributed by atoms with E-state index < -0.39 is 0 Å². The molecule has 2 rings (SSSR count). The molecule has 15 heavy (non-hydrogen) atoms. The van der Waals surface area contributed by atoms with Gasteiger partial charge in [0.2, 0.25) is 0 Å². The molecule has 0 spiro atoms. The summed E-state index contributed by atoms with van der Waals surface area (Å²) in [5, 5.41) is 0. The molecule has 3 nitrogen and oxygen atoms in total.